The van der Waals surface area contributed by atoms with Gasteiger partial charge in [-0.3, -0.25) is 9.97 Å². The zero-order valence-corrected chi connectivity index (χ0v) is 12.9. The molecule has 0 spiro atoms. The molecule has 1 heterocycles. The van der Waals surface area contributed by atoms with Crippen molar-refractivity contribution in [1.29, 1.82) is 0 Å². The average Bonchev–Trinajstić information content (AvgIpc) is 2.29. The van der Waals surface area contributed by atoms with Crippen molar-refractivity contribution in [3.05, 3.63) is 23.8 Å². The summed E-state index contributed by atoms with van der Waals surface area (Å²) in [4.78, 5) is 8.93. The molecule has 0 saturated carbocycles. The van der Waals surface area contributed by atoms with Crippen molar-refractivity contribution < 1.29 is 0 Å². The van der Waals surface area contributed by atoms with Gasteiger partial charge in [0.2, 0.25) is 0 Å². The minimum atomic E-state index is 0.0793. The maximum atomic E-state index is 4.50. The van der Waals surface area contributed by atoms with Gasteiger partial charge in [0.15, 0.2) is 0 Å². The van der Waals surface area contributed by atoms with Crippen LogP contribution in [0.25, 0.3) is 0 Å². The molecule has 0 amide bonds. The molecule has 1 aromatic rings. The van der Waals surface area contributed by atoms with Gasteiger partial charge in [-0.05, 0) is 18.5 Å². The van der Waals surface area contributed by atoms with E-state index in [0.29, 0.717) is 5.92 Å². The third kappa shape index (κ3) is 2.56. The largest absolute Gasteiger partial charge is 0.258 e. The minimum absolute atomic E-state index is 0.0793. The van der Waals surface area contributed by atoms with Gasteiger partial charge in [0.05, 0.1) is 11.4 Å². The summed E-state index contributed by atoms with van der Waals surface area (Å²) < 4.78 is 0. The van der Waals surface area contributed by atoms with Gasteiger partial charge < -0.3 is 0 Å². The highest BCUT2D eigenvalue weighted by Crippen LogP contribution is 2.72. The summed E-state index contributed by atoms with van der Waals surface area (Å²) in [7, 11) is 7.01. The van der Waals surface area contributed by atoms with Crippen molar-refractivity contribution in [2.75, 3.05) is 0 Å². The van der Waals surface area contributed by atoms with E-state index in [9.17, 15) is 0 Å². The van der Waals surface area contributed by atoms with Gasteiger partial charge in [-0.1, -0.05) is 22.2 Å². The number of aryl methyl sites for hydroxylation is 1. The van der Waals surface area contributed by atoms with Crippen molar-refractivity contribution in [2.24, 2.45) is 0 Å². The molecule has 1 aliphatic rings. The maximum absolute atomic E-state index is 4.50. The first-order valence-corrected chi connectivity index (χ1v) is 11.7. The highest BCUT2D eigenvalue weighted by molar-refractivity contribution is 8.61. The summed E-state index contributed by atoms with van der Waals surface area (Å²) in [5, 5.41) is 0. The van der Waals surface area contributed by atoms with E-state index < -0.39 is 0 Å². The fraction of sp³-hybridized carbons (Fsp3) is 0.556. The third-order valence-corrected chi connectivity index (χ3v) is 14.5. The van der Waals surface area contributed by atoms with Crippen LogP contribution in [0.2, 0.25) is 0 Å². The molecule has 2 nitrogen and oxygen atoms in total. The van der Waals surface area contributed by atoms with Crippen molar-refractivity contribution >= 4 is 33.1 Å². The van der Waals surface area contributed by atoms with Gasteiger partial charge in [0.25, 0.3) is 0 Å². The van der Waals surface area contributed by atoms with Crippen LogP contribution in [0.15, 0.2) is 12.4 Å². The lowest BCUT2D eigenvalue weighted by molar-refractivity contribution is 0.574. The van der Waals surface area contributed by atoms with Gasteiger partial charge in [-0.25, -0.2) is 0 Å². The second-order valence-corrected chi connectivity index (χ2v) is 13.4. The Morgan fingerprint density at radius 3 is 2.93 bits per heavy atom. The first-order valence-electron chi connectivity index (χ1n) is 5.04. The quantitative estimate of drug-likeness (QED) is 0.772. The van der Waals surface area contributed by atoms with E-state index in [1.165, 1.54) is 17.8 Å². The lowest BCUT2D eigenvalue weighted by atomic mass is 9.90. The highest BCUT2D eigenvalue weighted by Gasteiger charge is 2.31. The number of nitrogens with zero attached hydrogens (tertiary/aromatic N) is 2. The summed E-state index contributed by atoms with van der Waals surface area (Å²) in [6, 6.07) is 0. The monoisotopic (exact) mass is 276 g/mol. The molecule has 2 rings (SSSR count). The fourth-order valence-corrected chi connectivity index (χ4v) is 7.94. The predicted molar refractivity (Wildman–Crippen MR) is 77.2 cm³/mol. The van der Waals surface area contributed by atoms with Crippen LogP contribution in [0, 0.1) is 0 Å². The van der Waals surface area contributed by atoms with Crippen LogP contribution in [-0.2, 0) is 6.42 Å². The molecule has 0 aliphatic heterocycles. The lowest BCUT2D eigenvalue weighted by Crippen LogP contribution is -2.22. The molecule has 0 saturated heterocycles. The molecule has 0 bridgehead atoms. The van der Waals surface area contributed by atoms with Crippen LogP contribution in [-0.4, -0.2) is 15.6 Å². The number of hydrogen-bond donors (Lipinski definition) is 0. The van der Waals surface area contributed by atoms with E-state index in [4.69, 9.17) is 0 Å². The second kappa shape index (κ2) is 5.42. The third-order valence-electron chi connectivity index (χ3n) is 3.00. The Morgan fingerprint density at radius 1 is 1.47 bits per heavy atom. The van der Waals surface area contributed by atoms with Crippen LogP contribution >= 0.6 is 33.1 Å². The average molecular weight is 276 g/mol. The van der Waals surface area contributed by atoms with Crippen LogP contribution in [0.3, 0.4) is 0 Å². The number of fused-ring (bicyclic) bond motifs is 1. The Morgan fingerprint density at radius 2 is 2.20 bits per heavy atom. The van der Waals surface area contributed by atoms with Gasteiger partial charge >= 0.3 is 0 Å². The lowest BCUT2D eigenvalue weighted by Gasteiger charge is -2.33. The molecule has 82 valence electrons. The maximum Gasteiger partial charge on any atom is 0.0653 e. The molecule has 1 aromatic heterocycles. The number of hydrogen-bond acceptors (Lipinski definition) is 2. The normalized spacial score (nSPS) is 27.9. The smallest absolute Gasteiger partial charge is 0.0653 e. The number of aromatic nitrogens is 2. The molecule has 0 N–H and O–H groups in total. The van der Waals surface area contributed by atoms with Crippen molar-refractivity contribution in [3.63, 3.8) is 0 Å². The molecule has 6 heteroatoms. The van der Waals surface area contributed by atoms with E-state index in [1.54, 1.807) is 0 Å². The summed E-state index contributed by atoms with van der Waals surface area (Å²) >= 11 is 0. The molecule has 4 unspecified atom stereocenters. The Balaban J connectivity index is 2.25. The Labute approximate surface area is 98.4 Å². The van der Waals surface area contributed by atoms with Gasteiger partial charge in [0, 0.05) is 18.3 Å². The van der Waals surface area contributed by atoms with Crippen LogP contribution in [0.1, 0.15) is 30.7 Å². The van der Waals surface area contributed by atoms with E-state index in [2.05, 4.69) is 34.7 Å². The van der Waals surface area contributed by atoms with Crippen molar-refractivity contribution in [1.82, 2.24) is 9.97 Å². The number of rotatable bonds is 2. The molecule has 0 fully saturated rings. The van der Waals surface area contributed by atoms with E-state index in [-0.39, 0.29) is 7.30 Å². The zero-order chi connectivity index (χ0) is 10.8. The summed E-state index contributed by atoms with van der Waals surface area (Å²) in [5.41, 5.74) is 3.28. The van der Waals surface area contributed by atoms with Crippen LogP contribution in [0.4, 0.5) is 0 Å². The molecule has 15 heavy (non-hydrogen) atoms. The van der Waals surface area contributed by atoms with E-state index >= 15 is 0 Å². The first kappa shape index (κ1) is 12.3. The van der Waals surface area contributed by atoms with Crippen LogP contribution < -0.4 is 0 Å². The molecule has 0 radical (unpaired) electrons. The summed E-state index contributed by atoms with van der Waals surface area (Å²) in [6.07, 6.45) is 6.03. The molecule has 6 atom stereocenters. The molecule has 1 aliphatic carbocycles. The minimum Gasteiger partial charge on any atom is -0.258 e. The topological polar surface area (TPSA) is 25.8 Å². The Kier molecular flexibility index (Phi) is 4.43. The SMILES string of the molecule is C[C@H]1c2nccnc2CC[C@@H]1P(P)PP. The zero-order valence-electron chi connectivity index (χ0n) is 8.72. The van der Waals surface area contributed by atoms with E-state index in [0.717, 1.165) is 20.0 Å². The standard InChI is InChI=1S/C9H16N2P4/c1-6-8(15(13)14-12)3-2-7-9(6)11-5-4-10-7/h4-6,8,14H,2-3,12-13H2,1H3/t6-,8+,15?/m1/s1. The Hall–Kier alpha value is 0.800. The summed E-state index contributed by atoms with van der Waals surface area (Å²) in [6.45, 7) is 2.31. The second-order valence-electron chi connectivity index (χ2n) is 3.82. The molecular weight excluding hydrogens is 260 g/mol. The van der Waals surface area contributed by atoms with Crippen molar-refractivity contribution in [2.45, 2.75) is 31.3 Å². The van der Waals surface area contributed by atoms with Gasteiger partial charge in [-0.15, -0.1) is 17.9 Å². The van der Waals surface area contributed by atoms with E-state index in [1.807, 2.05) is 12.4 Å². The Bertz CT molecular complexity index is 347. The van der Waals surface area contributed by atoms with Gasteiger partial charge in [0.1, 0.15) is 0 Å². The highest BCUT2D eigenvalue weighted by atomic mass is 32.6. The van der Waals surface area contributed by atoms with Crippen LogP contribution in [0.5, 0.6) is 0 Å². The first-order chi connectivity index (χ1) is 7.24. The molecule has 0 aromatic carbocycles. The summed E-state index contributed by atoms with van der Waals surface area (Å²) in [5.74, 6) is 0.583. The molecular formula is C9H16N2P4. The van der Waals surface area contributed by atoms with Crippen molar-refractivity contribution in [3.8, 4) is 0 Å². The fourth-order valence-electron chi connectivity index (χ4n) is 2.14. The predicted octanol–water partition coefficient (Wildman–Crippen LogP) is 3.55. The van der Waals surface area contributed by atoms with Gasteiger partial charge in [-0.2, -0.15) is 0 Å².